The monoisotopic (exact) mass is 312 g/mol. The van der Waals surface area contributed by atoms with Gasteiger partial charge in [0.1, 0.15) is 24.1 Å². The highest BCUT2D eigenvalue weighted by molar-refractivity contribution is 5.76. The van der Waals surface area contributed by atoms with Crippen LogP contribution in [0.1, 0.15) is 38.3 Å². The van der Waals surface area contributed by atoms with Crippen molar-refractivity contribution in [1.29, 1.82) is 0 Å². The van der Waals surface area contributed by atoms with Crippen molar-refractivity contribution >= 4 is 12.6 Å². The molecule has 0 aromatic heterocycles. The molecule has 0 amide bonds. The fourth-order valence-electron chi connectivity index (χ4n) is 2.24. The van der Waals surface area contributed by atoms with Crippen molar-refractivity contribution in [2.45, 2.75) is 20.3 Å². The van der Waals surface area contributed by atoms with Crippen LogP contribution in [0.2, 0.25) is 0 Å². The summed E-state index contributed by atoms with van der Waals surface area (Å²) in [5, 5.41) is 0. The Labute approximate surface area is 136 Å². The van der Waals surface area contributed by atoms with Gasteiger partial charge in [0.15, 0.2) is 0 Å². The quantitative estimate of drug-likeness (QED) is 0.550. The third-order valence-electron chi connectivity index (χ3n) is 3.47. The third kappa shape index (κ3) is 4.68. The van der Waals surface area contributed by atoms with Crippen molar-refractivity contribution in [2.75, 3.05) is 13.2 Å². The molecule has 4 nitrogen and oxygen atoms in total. The number of carbonyl (C=O) groups is 2. The molecule has 0 saturated carbocycles. The molecule has 23 heavy (non-hydrogen) atoms. The van der Waals surface area contributed by atoms with Crippen LogP contribution in [0.5, 0.6) is 11.5 Å². The lowest BCUT2D eigenvalue weighted by molar-refractivity contribution is 0.111. The van der Waals surface area contributed by atoms with E-state index in [-0.39, 0.29) is 0 Å². The van der Waals surface area contributed by atoms with Crippen molar-refractivity contribution in [1.82, 2.24) is 0 Å². The summed E-state index contributed by atoms with van der Waals surface area (Å²) in [4.78, 5) is 21.4. The Morgan fingerprint density at radius 3 is 1.57 bits per heavy atom. The average Bonchev–Trinajstić information content (AvgIpc) is 2.56. The molecule has 0 saturated heterocycles. The number of benzene rings is 2. The van der Waals surface area contributed by atoms with E-state index in [1.54, 1.807) is 24.3 Å². The molecule has 2 rings (SSSR count). The summed E-state index contributed by atoms with van der Waals surface area (Å²) < 4.78 is 11.4. The first kappa shape index (κ1) is 16.7. The highest BCUT2D eigenvalue weighted by Gasteiger charge is 2.03. The molecule has 2 aromatic rings. The van der Waals surface area contributed by atoms with Gasteiger partial charge in [-0.2, -0.15) is 0 Å². The number of rotatable bonds is 8. The van der Waals surface area contributed by atoms with Crippen LogP contribution in [-0.2, 0) is 0 Å². The van der Waals surface area contributed by atoms with Crippen molar-refractivity contribution < 1.29 is 19.1 Å². The fourth-order valence-corrected chi connectivity index (χ4v) is 2.24. The van der Waals surface area contributed by atoms with Crippen molar-refractivity contribution in [3.8, 4) is 11.5 Å². The van der Waals surface area contributed by atoms with Gasteiger partial charge >= 0.3 is 0 Å². The zero-order valence-electron chi connectivity index (χ0n) is 13.4. The Kier molecular flexibility index (Phi) is 5.92. The van der Waals surface area contributed by atoms with Crippen molar-refractivity contribution in [3.05, 3.63) is 58.7 Å². The Morgan fingerprint density at radius 2 is 1.22 bits per heavy atom. The fraction of sp³-hybridized carbons (Fsp3) is 0.263. The van der Waals surface area contributed by atoms with Crippen molar-refractivity contribution in [2.24, 2.45) is 0 Å². The molecule has 0 bridgehead atoms. The normalized spacial score (nSPS) is 10.2. The second-order valence-corrected chi connectivity index (χ2v) is 5.34. The summed E-state index contributed by atoms with van der Waals surface area (Å²) in [6.45, 7) is 4.90. The molecular formula is C19H20O4. The van der Waals surface area contributed by atoms with E-state index in [1.165, 1.54) is 0 Å². The standard InChI is InChI=1S/C19H20O4/c1-14-10-16(12-20)4-6-18(14)22-8-3-9-23-19-7-5-17(13-21)11-15(19)2/h4-7,10-13H,3,8-9H2,1-2H3. The molecule has 2 aromatic carbocycles. The molecule has 120 valence electrons. The molecule has 0 atom stereocenters. The molecule has 0 spiro atoms. The number of hydrogen-bond donors (Lipinski definition) is 0. The first-order chi connectivity index (χ1) is 11.1. The Hall–Kier alpha value is -2.62. The van der Waals surface area contributed by atoms with E-state index < -0.39 is 0 Å². The van der Waals surface area contributed by atoms with Gasteiger partial charge in [-0.1, -0.05) is 0 Å². The average molecular weight is 312 g/mol. The van der Waals surface area contributed by atoms with Gasteiger partial charge in [0, 0.05) is 17.5 Å². The SMILES string of the molecule is Cc1cc(C=O)ccc1OCCCOc1ccc(C=O)cc1C. The van der Waals surface area contributed by atoms with Gasteiger partial charge in [0.05, 0.1) is 13.2 Å². The summed E-state index contributed by atoms with van der Waals surface area (Å²) in [7, 11) is 0. The van der Waals surface area contributed by atoms with Gasteiger partial charge in [-0.15, -0.1) is 0 Å². The summed E-state index contributed by atoms with van der Waals surface area (Å²) in [6, 6.07) is 10.7. The summed E-state index contributed by atoms with van der Waals surface area (Å²) in [5.74, 6) is 1.56. The second-order valence-electron chi connectivity index (χ2n) is 5.34. The molecule has 0 unspecified atom stereocenters. The van der Waals surface area contributed by atoms with E-state index >= 15 is 0 Å². The first-order valence-electron chi connectivity index (χ1n) is 7.51. The number of ether oxygens (including phenoxy) is 2. The molecule has 0 aliphatic carbocycles. The predicted molar refractivity (Wildman–Crippen MR) is 88.7 cm³/mol. The van der Waals surface area contributed by atoms with Crippen LogP contribution in [0.15, 0.2) is 36.4 Å². The van der Waals surface area contributed by atoms with Crippen LogP contribution >= 0.6 is 0 Å². The Balaban J connectivity index is 1.78. The lowest BCUT2D eigenvalue weighted by Crippen LogP contribution is -2.06. The lowest BCUT2D eigenvalue weighted by Gasteiger charge is -2.11. The van der Waals surface area contributed by atoms with Gasteiger partial charge < -0.3 is 9.47 Å². The molecule has 0 radical (unpaired) electrons. The molecule has 0 fully saturated rings. The highest BCUT2D eigenvalue weighted by atomic mass is 16.5. The molecule has 0 N–H and O–H groups in total. The van der Waals surface area contributed by atoms with Gasteiger partial charge in [-0.05, 0) is 61.4 Å². The minimum atomic E-state index is 0.534. The first-order valence-corrected chi connectivity index (χ1v) is 7.51. The minimum Gasteiger partial charge on any atom is -0.493 e. The summed E-state index contributed by atoms with van der Waals surface area (Å²) >= 11 is 0. The van der Waals surface area contributed by atoms with Gasteiger partial charge in [0.25, 0.3) is 0 Å². The van der Waals surface area contributed by atoms with Crippen molar-refractivity contribution in [3.63, 3.8) is 0 Å². The second kappa shape index (κ2) is 8.13. The van der Waals surface area contributed by atoms with E-state index in [0.29, 0.717) is 24.3 Å². The molecule has 0 aliphatic rings. The topological polar surface area (TPSA) is 52.6 Å². The van der Waals surface area contributed by atoms with Crippen LogP contribution in [-0.4, -0.2) is 25.8 Å². The summed E-state index contributed by atoms with van der Waals surface area (Å²) in [6.07, 6.45) is 2.38. The largest absolute Gasteiger partial charge is 0.493 e. The van der Waals surface area contributed by atoms with Crippen LogP contribution in [0.4, 0.5) is 0 Å². The van der Waals surface area contributed by atoms with E-state index in [4.69, 9.17) is 9.47 Å². The predicted octanol–water partition coefficient (Wildman–Crippen LogP) is 3.78. The van der Waals surface area contributed by atoms with E-state index in [0.717, 1.165) is 41.6 Å². The lowest BCUT2D eigenvalue weighted by atomic mass is 10.1. The molecule has 4 heteroatoms. The van der Waals surface area contributed by atoms with Gasteiger partial charge in [-0.3, -0.25) is 9.59 Å². The number of carbonyl (C=O) groups excluding carboxylic acids is 2. The molecular weight excluding hydrogens is 292 g/mol. The number of hydrogen-bond acceptors (Lipinski definition) is 4. The number of aryl methyl sites for hydroxylation is 2. The maximum atomic E-state index is 10.7. The Bertz CT molecular complexity index is 632. The summed E-state index contributed by atoms with van der Waals surface area (Å²) in [5.41, 5.74) is 3.17. The molecule has 0 heterocycles. The Morgan fingerprint density at radius 1 is 0.783 bits per heavy atom. The number of aldehydes is 2. The highest BCUT2D eigenvalue weighted by Crippen LogP contribution is 2.20. The van der Waals surface area contributed by atoms with E-state index in [9.17, 15) is 9.59 Å². The van der Waals surface area contributed by atoms with Crippen LogP contribution in [0.3, 0.4) is 0 Å². The third-order valence-corrected chi connectivity index (χ3v) is 3.47. The van der Waals surface area contributed by atoms with Gasteiger partial charge in [0.2, 0.25) is 0 Å². The zero-order chi connectivity index (χ0) is 16.7. The van der Waals surface area contributed by atoms with E-state index in [1.807, 2.05) is 26.0 Å². The van der Waals surface area contributed by atoms with E-state index in [2.05, 4.69) is 0 Å². The minimum absolute atomic E-state index is 0.534. The molecule has 0 aliphatic heterocycles. The van der Waals surface area contributed by atoms with Crippen LogP contribution in [0.25, 0.3) is 0 Å². The maximum absolute atomic E-state index is 10.7. The van der Waals surface area contributed by atoms with Crippen LogP contribution in [0, 0.1) is 13.8 Å². The van der Waals surface area contributed by atoms with Crippen LogP contribution < -0.4 is 9.47 Å². The smallest absolute Gasteiger partial charge is 0.150 e. The van der Waals surface area contributed by atoms with Gasteiger partial charge in [-0.25, -0.2) is 0 Å². The maximum Gasteiger partial charge on any atom is 0.150 e. The zero-order valence-corrected chi connectivity index (χ0v) is 13.4.